The van der Waals surface area contributed by atoms with Gasteiger partial charge in [-0.2, -0.15) is 0 Å². The van der Waals surface area contributed by atoms with Gasteiger partial charge in [-0.3, -0.25) is 0 Å². The Bertz CT molecular complexity index is 832. The zero-order valence-corrected chi connectivity index (χ0v) is 16.0. The molecule has 0 spiro atoms. The summed E-state index contributed by atoms with van der Waals surface area (Å²) in [6.45, 7) is 2.11. The molecule has 9 heteroatoms. The van der Waals surface area contributed by atoms with Crippen molar-refractivity contribution >= 4 is 31.6 Å². The third-order valence-corrected chi connectivity index (χ3v) is 6.60. The van der Waals surface area contributed by atoms with Crippen molar-refractivity contribution in [2.45, 2.75) is 23.1 Å². The summed E-state index contributed by atoms with van der Waals surface area (Å²) in [5.41, 5.74) is 0.968. The van der Waals surface area contributed by atoms with Crippen LogP contribution in [0.5, 0.6) is 0 Å². The van der Waals surface area contributed by atoms with Gasteiger partial charge >= 0.3 is 0 Å². The van der Waals surface area contributed by atoms with Gasteiger partial charge in [0, 0.05) is 18.1 Å². The molecule has 0 aliphatic carbocycles. The average Bonchev–Trinajstić information content (AvgIpc) is 2.55. The maximum Gasteiger partial charge on any atom is 0.240 e. The van der Waals surface area contributed by atoms with Crippen molar-refractivity contribution in [2.75, 3.05) is 13.1 Å². The molecule has 0 fully saturated rings. The molecule has 0 bridgehead atoms. The van der Waals surface area contributed by atoms with E-state index in [0.717, 1.165) is 5.56 Å². The van der Waals surface area contributed by atoms with E-state index in [1.54, 1.807) is 12.1 Å². The van der Waals surface area contributed by atoms with Crippen LogP contribution in [0.1, 0.15) is 12.0 Å². The molecule has 2 aromatic rings. The summed E-state index contributed by atoms with van der Waals surface area (Å²) in [6, 6.07) is 12.3. The van der Waals surface area contributed by atoms with Gasteiger partial charge in [-0.15, -0.1) is 0 Å². The molecule has 0 saturated carbocycles. The summed E-state index contributed by atoms with van der Waals surface area (Å²) < 4.78 is 53.2. The Balaban J connectivity index is 1.83. The molecule has 0 saturated heterocycles. The fourth-order valence-corrected chi connectivity index (χ4v) is 4.27. The Morgan fingerprint density at radius 1 is 0.760 bits per heavy atom. The summed E-state index contributed by atoms with van der Waals surface area (Å²) >= 11 is 5.73. The van der Waals surface area contributed by atoms with Gasteiger partial charge in [0.15, 0.2) is 0 Å². The van der Waals surface area contributed by atoms with Crippen LogP contribution >= 0.6 is 11.6 Å². The molecule has 25 heavy (non-hydrogen) atoms. The molecule has 0 aliphatic rings. The molecule has 2 aromatic carbocycles. The van der Waals surface area contributed by atoms with Crippen molar-refractivity contribution in [1.29, 1.82) is 0 Å². The van der Waals surface area contributed by atoms with Crippen molar-refractivity contribution in [3.05, 3.63) is 59.1 Å². The average molecular weight is 403 g/mol. The lowest BCUT2D eigenvalue weighted by atomic mass is 10.2. The van der Waals surface area contributed by atoms with Gasteiger partial charge in [-0.05, 0) is 49.7 Å². The molecule has 0 aliphatic heterocycles. The first-order valence-corrected chi connectivity index (χ1v) is 10.9. The Labute approximate surface area is 153 Å². The third-order valence-electron chi connectivity index (χ3n) is 3.39. The number of aryl methyl sites for hydroxylation is 1. The molecule has 6 nitrogen and oxygen atoms in total. The summed E-state index contributed by atoms with van der Waals surface area (Å²) in [4.78, 5) is 0.289. The van der Waals surface area contributed by atoms with Crippen LogP contribution < -0.4 is 9.44 Å². The van der Waals surface area contributed by atoms with Crippen LogP contribution in [-0.4, -0.2) is 29.9 Å². The van der Waals surface area contributed by atoms with Gasteiger partial charge in [0.2, 0.25) is 20.0 Å². The van der Waals surface area contributed by atoms with Crippen molar-refractivity contribution in [3.8, 4) is 0 Å². The second-order valence-corrected chi connectivity index (χ2v) is 9.39. The van der Waals surface area contributed by atoms with E-state index in [2.05, 4.69) is 9.44 Å². The minimum atomic E-state index is -3.64. The summed E-state index contributed by atoms with van der Waals surface area (Å²) in [5, 5.41) is 0.449. The fraction of sp³-hybridized carbons (Fsp3) is 0.250. The van der Waals surface area contributed by atoms with Crippen molar-refractivity contribution < 1.29 is 16.8 Å². The minimum absolute atomic E-state index is 0.108. The van der Waals surface area contributed by atoms with E-state index in [0.29, 0.717) is 11.4 Å². The number of benzene rings is 2. The first-order chi connectivity index (χ1) is 11.7. The lowest BCUT2D eigenvalue weighted by Crippen LogP contribution is -2.30. The van der Waals surface area contributed by atoms with E-state index in [9.17, 15) is 16.8 Å². The predicted molar refractivity (Wildman–Crippen MR) is 97.6 cm³/mol. The minimum Gasteiger partial charge on any atom is -0.211 e. The normalized spacial score (nSPS) is 12.2. The Kier molecular flexibility index (Phi) is 6.59. The van der Waals surface area contributed by atoms with Crippen LogP contribution in [0.2, 0.25) is 5.02 Å². The summed E-state index contributed by atoms with van der Waals surface area (Å²) in [7, 11) is -7.23. The molecular formula is C16H19ClN2O4S2. The molecular weight excluding hydrogens is 384 g/mol. The number of nitrogens with one attached hydrogen (secondary N) is 2. The smallest absolute Gasteiger partial charge is 0.211 e. The lowest BCUT2D eigenvalue weighted by Gasteiger charge is -2.09. The number of halogens is 1. The lowest BCUT2D eigenvalue weighted by molar-refractivity contribution is 0.572. The number of sulfonamides is 2. The molecule has 0 heterocycles. The van der Waals surface area contributed by atoms with Gasteiger partial charge in [-0.1, -0.05) is 29.3 Å². The van der Waals surface area contributed by atoms with Gasteiger partial charge in [0.05, 0.1) is 9.79 Å². The molecule has 0 amide bonds. The Hall–Kier alpha value is -1.45. The number of hydrogen-bond donors (Lipinski definition) is 2. The van der Waals surface area contributed by atoms with E-state index < -0.39 is 20.0 Å². The standard InChI is InChI=1S/C16H19ClN2O4S2/c1-13-3-7-15(8-4-13)24(20,21)18-11-2-12-19-25(22,23)16-9-5-14(17)6-10-16/h3-10,18-19H,2,11-12H2,1H3. The Morgan fingerprint density at radius 3 is 1.60 bits per heavy atom. The second-order valence-electron chi connectivity index (χ2n) is 5.42. The predicted octanol–water partition coefficient (Wildman–Crippen LogP) is 2.30. The van der Waals surface area contributed by atoms with E-state index in [-0.39, 0.29) is 22.9 Å². The molecule has 136 valence electrons. The van der Waals surface area contributed by atoms with Crippen LogP contribution in [0.15, 0.2) is 58.3 Å². The van der Waals surface area contributed by atoms with Crippen molar-refractivity contribution in [2.24, 2.45) is 0 Å². The van der Waals surface area contributed by atoms with E-state index in [4.69, 9.17) is 11.6 Å². The maximum atomic E-state index is 12.1. The summed E-state index contributed by atoms with van der Waals surface area (Å²) in [6.07, 6.45) is 0.317. The molecule has 2 N–H and O–H groups in total. The van der Waals surface area contributed by atoms with Gasteiger partial charge in [0.25, 0.3) is 0 Å². The number of hydrogen-bond acceptors (Lipinski definition) is 4. The van der Waals surface area contributed by atoms with Crippen molar-refractivity contribution in [1.82, 2.24) is 9.44 Å². The molecule has 2 rings (SSSR count). The van der Waals surface area contributed by atoms with Gasteiger partial charge in [0.1, 0.15) is 0 Å². The third kappa shape index (κ3) is 5.79. The molecule has 0 radical (unpaired) electrons. The summed E-state index contributed by atoms with van der Waals surface area (Å²) in [5.74, 6) is 0. The highest BCUT2D eigenvalue weighted by Gasteiger charge is 2.15. The number of rotatable bonds is 8. The van der Waals surface area contributed by atoms with Crippen LogP contribution in [0.3, 0.4) is 0 Å². The maximum absolute atomic E-state index is 12.1. The topological polar surface area (TPSA) is 92.3 Å². The van der Waals surface area contributed by atoms with Gasteiger partial charge in [-0.25, -0.2) is 26.3 Å². The zero-order chi connectivity index (χ0) is 18.5. The largest absolute Gasteiger partial charge is 0.240 e. The molecule has 0 aromatic heterocycles. The highest BCUT2D eigenvalue weighted by molar-refractivity contribution is 7.89. The molecule has 0 unspecified atom stereocenters. The van der Waals surface area contributed by atoms with Crippen LogP contribution in [0, 0.1) is 6.92 Å². The van der Waals surface area contributed by atoms with E-state index >= 15 is 0 Å². The first-order valence-electron chi connectivity index (χ1n) is 7.52. The first kappa shape index (κ1) is 19.9. The van der Waals surface area contributed by atoms with Gasteiger partial charge < -0.3 is 0 Å². The van der Waals surface area contributed by atoms with Crippen LogP contribution in [0.25, 0.3) is 0 Å². The highest BCUT2D eigenvalue weighted by Crippen LogP contribution is 2.14. The second kappa shape index (κ2) is 8.29. The van der Waals surface area contributed by atoms with Crippen LogP contribution in [-0.2, 0) is 20.0 Å². The van der Waals surface area contributed by atoms with E-state index in [1.165, 1.54) is 36.4 Å². The van der Waals surface area contributed by atoms with Crippen molar-refractivity contribution in [3.63, 3.8) is 0 Å². The highest BCUT2D eigenvalue weighted by atomic mass is 35.5. The Morgan fingerprint density at radius 2 is 1.16 bits per heavy atom. The monoisotopic (exact) mass is 402 g/mol. The molecule has 0 atom stereocenters. The SMILES string of the molecule is Cc1ccc(S(=O)(=O)NCCCNS(=O)(=O)c2ccc(Cl)cc2)cc1. The zero-order valence-electron chi connectivity index (χ0n) is 13.6. The van der Waals surface area contributed by atoms with Crippen LogP contribution in [0.4, 0.5) is 0 Å². The van der Waals surface area contributed by atoms with E-state index in [1.807, 2.05) is 6.92 Å². The fourth-order valence-electron chi connectivity index (χ4n) is 2.00. The quantitative estimate of drug-likeness (QED) is 0.662.